The summed E-state index contributed by atoms with van der Waals surface area (Å²) in [5, 5.41) is 0. The van der Waals surface area contributed by atoms with Crippen molar-refractivity contribution in [2.24, 2.45) is 0 Å². The van der Waals surface area contributed by atoms with Crippen LogP contribution >= 0.6 is 22.6 Å². The van der Waals surface area contributed by atoms with Gasteiger partial charge in [0.15, 0.2) is 12.0 Å². The highest BCUT2D eigenvalue weighted by atomic mass is 127. The van der Waals surface area contributed by atoms with Gasteiger partial charge >= 0.3 is 0 Å². The molecule has 2 nitrogen and oxygen atoms in total. The Morgan fingerprint density at radius 2 is 1.81 bits per heavy atom. The molecule has 1 aromatic carbocycles. The molecule has 82 valence electrons. The Kier molecular flexibility index (Phi) is 3.04. The van der Waals surface area contributed by atoms with Crippen molar-refractivity contribution in [2.75, 3.05) is 0 Å². The van der Waals surface area contributed by atoms with Crippen LogP contribution in [0.4, 0.5) is 8.78 Å². The number of carbonyl (C=O) groups is 1. The summed E-state index contributed by atoms with van der Waals surface area (Å²) in [6.07, 6.45) is 0.531. The van der Waals surface area contributed by atoms with E-state index < -0.39 is 11.6 Å². The highest BCUT2D eigenvalue weighted by Crippen LogP contribution is 2.26. The minimum absolute atomic E-state index is 0.0662. The lowest BCUT2D eigenvalue weighted by molar-refractivity contribution is 0.110. The largest absolute Gasteiger partial charge is 0.453 e. The number of benzene rings is 1. The highest BCUT2D eigenvalue weighted by molar-refractivity contribution is 14.1. The van der Waals surface area contributed by atoms with Gasteiger partial charge in [0, 0.05) is 5.56 Å². The van der Waals surface area contributed by atoms with Gasteiger partial charge in [0.25, 0.3) is 0 Å². The maximum absolute atomic E-state index is 13.3. The van der Waals surface area contributed by atoms with Crippen LogP contribution in [0, 0.1) is 15.2 Å². The molecule has 1 aromatic heterocycles. The minimum Gasteiger partial charge on any atom is -0.453 e. The molecule has 0 unspecified atom stereocenters. The van der Waals surface area contributed by atoms with Crippen molar-refractivity contribution in [3.8, 4) is 11.3 Å². The van der Waals surface area contributed by atoms with Crippen LogP contribution in [-0.4, -0.2) is 6.29 Å². The molecule has 0 fully saturated rings. The standard InChI is InChI=1S/C11H5F2IO2/c12-8-3-6(4-9(13)11(8)14)10-2-1-7(5-15)16-10/h1-5H. The molecule has 0 aliphatic heterocycles. The molecule has 16 heavy (non-hydrogen) atoms. The first-order chi connectivity index (χ1) is 7.61. The smallest absolute Gasteiger partial charge is 0.185 e. The first-order valence-electron chi connectivity index (χ1n) is 4.31. The third kappa shape index (κ3) is 1.99. The van der Waals surface area contributed by atoms with Crippen LogP contribution in [0.3, 0.4) is 0 Å². The lowest BCUT2D eigenvalue weighted by atomic mass is 10.1. The predicted octanol–water partition coefficient (Wildman–Crippen LogP) is 3.64. The summed E-state index contributed by atoms with van der Waals surface area (Å²) in [4.78, 5) is 10.4. The molecule has 0 atom stereocenters. The monoisotopic (exact) mass is 334 g/mol. The molecule has 0 spiro atoms. The van der Waals surface area contributed by atoms with Crippen LogP contribution in [0.15, 0.2) is 28.7 Å². The molecule has 0 N–H and O–H groups in total. The van der Waals surface area contributed by atoms with Crippen molar-refractivity contribution in [1.29, 1.82) is 0 Å². The average molecular weight is 334 g/mol. The number of rotatable bonds is 2. The molecule has 2 rings (SSSR count). The van der Waals surface area contributed by atoms with Crippen LogP contribution in [0.5, 0.6) is 0 Å². The second-order valence-corrected chi connectivity index (χ2v) is 4.15. The highest BCUT2D eigenvalue weighted by Gasteiger charge is 2.11. The summed E-state index contributed by atoms with van der Waals surface area (Å²) in [5.41, 5.74) is 0.267. The third-order valence-electron chi connectivity index (χ3n) is 2.01. The van der Waals surface area contributed by atoms with E-state index in [9.17, 15) is 13.6 Å². The molecule has 0 amide bonds. The van der Waals surface area contributed by atoms with Crippen LogP contribution in [0.2, 0.25) is 0 Å². The van der Waals surface area contributed by atoms with Gasteiger partial charge in [0.05, 0.1) is 3.57 Å². The Morgan fingerprint density at radius 1 is 1.19 bits per heavy atom. The number of furan rings is 1. The van der Waals surface area contributed by atoms with E-state index in [-0.39, 0.29) is 20.7 Å². The summed E-state index contributed by atoms with van der Waals surface area (Å²) in [6, 6.07) is 5.26. The molecule has 0 aliphatic carbocycles. The van der Waals surface area contributed by atoms with E-state index in [1.165, 1.54) is 12.1 Å². The fraction of sp³-hybridized carbons (Fsp3) is 0. The molecule has 1 heterocycles. The molecule has 0 aliphatic rings. The Labute approximate surface area is 103 Å². The average Bonchev–Trinajstić information content (AvgIpc) is 2.73. The third-order valence-corrected chi connectivity index (χ3v) is 3.04. The van der Waals surface area contributed by atoms with E-state index in [0.717, 1.165) is 12.1 Å². The topological polar surface area (TPSA) is 30.2 Å². The van der Waals surface area contributed by atoms with Gasteiger partial charge in [-0.15, -0.1) is 0 Å². The first kappa shape index (κ1) is 11.3. The Morgan fingerprint density at radius 3 is 2.31 bits per heavy atom. The van der Waals surface area contributed by atoms with Crippen LogP contribution in [0.1, 0.15) is 10.6 Å². The Hall–Kier alpha value is -1.24. The summed E-state index contributed by atoms with van der Waals surface area (Å²) in [6.45, 7) is 0. The number of carbonyl (C=O) groups excluding carboxylic acids is 1. The van der Waals surface area contributed by atoms with Gasteiger partial charge in [-0.2, -0.15) is 0 Å². The van der Waals surface area contributed by atoms with Crippen molar-refractivity contribution in [1.82, 2.24) is 0 Å². The summed E-state index contributed by atoms with van der Waals surface area (Å²) >= 11 is 1.58. The molecular formula is C11H5F2IO2. The molecule has 0 bridgehead atoms. The molecule has 0 saturated heterocycles. The fourth-order valence-electron chi connectivity index (χ4n) is 1.27. The van der Waals surface area contributed by atoms with Crippen molar-refractivity contribution >= 4 is 28.9 Å². The summed E-state index contributed by atoms with van der Waals surface area (Å²) in [5.74, 6) is -0.926. The van der Waals surface area contributed by atoms with Crippen molar-refractivity contribution < 1.29 is 18.0 Å². The quantitative estimate of drug-likeness (QED) is 0.477. The molecule has 5 heteroatoms. The van der Waals surface area contributed by atoms with E-state index in [1.807, 2.05) is 0 Å². The maximum atomic E-state index is 13.3. The Bertz CT molecular complexity index is 526. The minimum atomic E-state index is -0.653. The van der Waals surface area contributed by atoms with Gasteiger partial charge in [0.2, 0.25) is 0 Å². The maximum Gasteiger partial charge on any atom is 0.185 e. The zero-order valence-electron chi connectivity index (χ0n) is 7.84. The van der Waals surface area contributed by atoms with Crippen LogP contribution < -0.4 is 0 Å². The van der Waals surface area contributed by atoms with Crippen LogP contribution in [0.25, 0.3) is 11.3 Å². The van der Waals surface area contributed by atoms with Gasteiger partial charge in [-0.1, -0.05) is 0 Å². The van der Waals surface area contributed by atoms with Crippen molar-refractivity contribution in [3.05, 3.63) is 45.2 Å². The lowest BCUT2D eigenvalue weighted by Crippen LogP contribution is -1.89. The van der Waals surface area contributed by atoms with E-state index in [4.69, 9.17) is 4.42 Å². The van der Waals surface area contributed by atoms with E-state index in [2.05, 4.69) is 0 Å². The molecular weight excluding hydrogens is 329 g/mol. The van der Waals surface area contributed by atoms with Crippen LogP contribution in [-0.2, 0) is 0 Å². The van der Waals surface area contributed by atoms with E-state index in [1.54, 1.807) is 22.6 Å². The van der Waals surface area contributed by atoms with Crippen molar-refractivity contribution in [2.45, 2.75) is 0 Å². The summed E-state index contributed by atoms with van der Waals surface area (Å²) < 4.78 is 31.5. The van der Waals surface area contributed by atoms with Gasteiger partial charge in [0.1, 0.15) is 17.4 Å². The lowest BCUT2D eigenvalue weighted by Gasteiger charge is -2.00. The number of hydrogen-bond donors (Lipinski definition) is 0. The van der Waals surface area contributed by atoms with Crippen molar-refractivity contribution in [3.63, 3.8) is 0 Å². The second kappa shape index (κ2) is 4.32. The van der Waals surface area contributed by atoms with Gasteiger partial charge in [-0.25, -0.2) is 8.78 Å². The zero-order chi connectivity index (χ0) is 11.7. The predicted molar refractivity (Wildman–Crippen MR) is 62.2 cm³/mol. The number of halogens is 3. The zero-order valence-corrected chi connectivity index (χ0v) is 9.99. The Balaban J connectivity index is 2.52. The molecule has 0 saturated carbocycles. The summed E-state index contributed by atoms with van der Waals surface area (Å²) in [7, 11) is 0. The van der Waals surface area contributed by atoms with Gasteiger partial charge in [-0.05, 0) is 46.9 Å². The SMILES string of the molecule is O=Cc1ccc(-c2cc(F)c(I)c(F)c2)o1. The van der Waals surface area contributed by atoms with E-state index in [0.29, 0.717) is 6.29 Å². The molecule has 2 aromatic rings. The normalized spacial score (nSPS) is 10.4. The van der Waals surface area contributed by atoms with Gasteiger partial charge < -0.3 is 4.42 Å². The number of aldehydes is 1. The molecule has 0 radical (unpaired) electrons. The number of hydrogen-bond acceptors (Lipinski definition) is 2. The second-order valence-electron chi connectivity index (χ2n) is 3.07. The van der Waals surface area contributed by atoms with E-state index >= 15 is 0 Å². The fourth-order valence-corrected chi connectivity index (χ4v) is 1.58. The first-order valence-corrected chi connectivity index (χ1v) is 5.39. The van der Waals surface area contributed by atoms with Gasteiger partial charge in [-0.3, -0.25) is 4.79 Å².